The third kappa shape index (κ3) is 4.19. The average molecular weight is 296 g/mol. The van der Waals surface area contributed by atoms with Crippen molar-refractivity contribution in [1.82, 2.24) is 14.7 Å². The molecular formula is C13H20N4O4. The largest absolute Gasteiger partial charge is 0.480 e. The van der Waals surface area contributed by atoms with Gasteiger partial charge in [-0.25, -0.2) is 4.79 Å². The molecule has 0 bridgehead atoms. The van der Waals surface area contributed by atoms with E-state index in [1.165, 1.54) is 17.1 Å². The molecule has 0 radical (unpaired) electrons. The van der Waals surface area contributed by atoms with Crippen LogP contribution in [0.5, 0.6) is 0 Å². The maximum absolute atomic E-state index is 12.2. The number of hydrogen-bond donors (Lipinski definition) is 3. The number of aromatic nitrogens is 2. The third-order valence-electron chi connectivity index (χ3n) is 3.52. The van der Waals surface area contributed by atoms with Crippen molar-refractivity contribution in [2.24, 2.45) is 0 Å². The molecule has 0 aliphatic carbocycles. The zero-order chi connectivity index (χ0) is 15.2. The van der Waals surface area contributed by atoms with Crippen molar-refractivity contribution in [2.75, 3.05) is 18.5 Å². The summed E-state index contributed by atoms with van der Waals surface area (Å²) in [7, 11) is 0. The number of nitrogens with one attached hydrogen (secondary N) is 1. The van der Waals surface area contributed by atoms with Gasteiger partial charge in [0.05, 0.1) is 11.9 Å². The molecule has 116 valence electrons. The van der Waals surface area contributed by atoms with Crippen molar-refractivity contribution in [3.05, 3.63) is 12.4 Å². The number of carbonyl (C=O) groups is 2. The van der Waals surface area contributed by atoms with E-state index in [1.54, 1.807) is 4.90 Å². The summed E-state index contributed by atoms with van der Waals surface area (Å²) in [5.74, 6) is -0.986. The molecule has 21 heavy (non-hydrogen) atoms. The second-order valence-corrected chi connectivity index (χ2v) is 5.11. The number of aliphatic carboxylic acids is 1. The molecule has 1 aromatic rings. The van der Waals surface area contributed by atoms with Crippen LogP contribution in [0, 0.1) is 0 Å². The van der Waals surface area contributed by atoms with Gasteiger partial charge < -0.3 is 20.4 Å². The third-order valence-corrected chi connectivity index (χ3v) is 3.52. The molecule has 8 nitrogen and oxygen atoms in total. The van der Waals surface area contributed by atoms with E-state index in [0.29, 0.717) is 18.7 Å². The van der Waals surface area contributed by atoms with Crippen LogP contribution in [0.3, 0.4) is 0 Å². The monoisotopic (exact) mass is 296 g/mol. The predicted molar refractivity (Wildman–Crippen MR) is 74.9 cm³/mol. The summed E-state index contributed by atoms with van der Waals surface area (Å²) < 4.78 is 1.26. The van der Waals surface area contributed by atoms with Crippen LogP contribution in [0.25, 0.3) is 0 Å². The Labute approximate surface area is 122 Å². The fourth-order valence-corrected chi connectivity index (χ4v) is 2.58. The Hall–Kier alpha value is -2.09. The van der Waals surface area contributed by atoms with Gasteiger partial charge in [-0.15, -0.1) is 0 Å². The first-order chi connectivity index (χ1) is 10.1. The van der Waals surface area contributed by atoms with Gasteiger partial charge >= 0.3 is 12.0 Å². The number of rotatable bonds is 6. The van der Waals surface area contributed by atoms with Crippen LogP contribution in [0.1, 0.15) is 25.7 Å². The first kappa shape index (κ1) is 15.3. The van der Waals surface area contributed by atoms with E-state index in [9.17, 15) is 9.59 Å². The van der Waals surface area contributed by atoms with Gasteiger partial charge in [-0.2, -0.15) is 5.10 Å². The van der Waals surface area contributed by atoms with Crippen LogP contribution in [-0.2, 0) is 11.3 Å². The Morgan fingerprint density at radius 2 is 2.29 bits per heavy atom. The molecular weight excluding hydrogens is 276 g/mol. The van der Waals surface area contributed by atoms with Gasteiger partial charge in [0.1, 0.15) is 6.54 Å². The number of likely N-dealkylation sites (tertiary alicyclic amines) is 1. The minimum atomic E-state index is -0.986. The molecule has 0 saturated carbocycles. The molecule has 8 heteroatoms. The van der Waals surface area contributed by atoms with Crippen molar-refractivity contribution in [3.63, 3.8) is 0 Å². The number of aliphatic hydroxyl groups excluding tert-OH is 1. The number of carboxylic acids is 1. The Bertz CT molecular complexity index is 502. The van der Waals surface area contributed by atoms with Gasteiger partial charge in [0.25, 0.3) is 0 Å². The first-order valence-corrected chi connectivity index (χ1v) is 7.03. The van der Waals surface area contributed by atoms with Crippen LogP contribution in [0.2, 0.25) is 0 Å². The molecule has 1 unspecified atom stereocenters. The SMILES string of the molecule is O=C(O)Cn1cc(NC(=O)N2CCCC2CCCO)cn1. The molecule has 2 heterocycles. The number of hydrogen-bond acceptors (Lipinski definition) is 4. The Morgan fingerprint density at radius 1 is 1.48 bits per heavy atom. The molecule has 1 aliphatic rings. The number of carboxylic acid groups (broad SMARTS) is 1. The lowest BCUT2D eigenvalue weighted by molar-refractivity contribution is -0.137. The molecule has 1 aromatic heterocycles. The molecule has 2 rings (SSSR count). The Morgan fingerprint density at radius 3 is 3.00 bits per heavy atom. The maximum Gasteiger partial charge on any atom is 0.325 e. The zero-order valence-electron chi connectivity index (χ0n) is 11.7. The fourth-order valence-electron chi connectivity index (χ4n) is 2.58. The second-order valence-electron chi connectivity index (χ2n) is 5.11. The Balaban J connectivity index is 1.91. The number of nitrogens with zero attached hydrogens (tertiary/aromatic N) is 3. The zero-order valence-corrected chi connectivity index (χ0v) is 11.7. The summed E-state index contributed by atoms with van der Waals surface area (Å²) in [5, 5.41) is 24.2. The van der Waals surface area contributed by atoms with Gasteiger partial charge in [-0.05, 0) is 25.7 Å². The fraction of sp³-hybridized carbons (Fsp3) is 0.615. The van der Waals surface area contributed by atoms with Crippen molar-refractivity contribution in [1.29, 1.82) is 0 Å². The van der Waals surface area contributed by atoms with Crippen LogP contribution >= 0.6 is 0 Å². The normalized spacial score (nSPS) is 18.0. The topological polar surface area (TPSA) is 108 Å². The summed E-state index contributed by atoms with van der Waals surface area (Å²) in [6, 6.07) is -0.0449. The van der Waals surface area contributed by atoms with E-state index in [1.807, 2.05) is 0 Å². The van der Waals surface area contributed by atoms with E-state index < -0.39 is 5.97 Å². The molecule has 1 aliphatic heterocycles. The lowest BCUT2D eigenvalue weighted by Crippen LogP contribution is -2.38. The van der Waals surface area contributed by atoms with Crippen molar-refractivity contribution in [3.8, 4) is 0 Å². The molecule has 2 amide bonds. The highest BCUT2D eigenvalue weighted by Crippen LogP contribution is 2.22. The van der Waals surface area contributed by atoms with Gasteiger partial charge in [0.15, 0.2) is 0 Å². The molecule has 0 aromatic carbocycles. The van der Waals surface area contributed by atoms with Crippen molar-refractivity contribution in [2.45, 2.75) is 38.3 Å². The minimum Gasteiger partial charge on any atom is -0.480 e. The summed E-state index contributed by atoms with van der Waals surface area (Å²) in [4.78, 5) is 24.6. The highest BCUT2D eigenvalue weighted by molar-refractivity contribution is 5.89. The maximum atomic E-state index is 12.2. The van der Waals surface area contributed by atoms with Gasteiger partial charge in [-0.3, -0.25) is 9.48 Å². The van der Waals surface area contributed by atoms with Crippen LogP contribution < -0.4 is 5.32 Å². The standard InChI is InChI=1S/C13H20N4O4/c18-6-2-4-11-3-1-5-17(11)13(21)15-10-7-14-16(8-10)9-12(19)20/h7-8,11,18H,1-6,9H2,(H,15,21)(H,19,20). The first-order valence-electron chi connectivity index (χ1n) is 7.03. The number of aliphatic hydroxyl groups is 1. The molecule has 3 N–H and O–H groups in total. The van der Waals surface area contributed by atoms with Gasteiger partial charge in [0, 0.05) is 25.4 Å². The summed E-state index contributed by atoms with van der Waals surface area (Å²) in [6.07, 6.45) is 6.31. The van der Waals surface area contributed by atoms with Gasteiger partial charge in [0.2, 0.25) is 0 Å². The van der Waals surface area contributed by atoms with Crippen LogP contribution in [0.4, 0.5) is 10.5 Å². The average Bonchev–Trinajstić information content (AvgIpc) is 3.05. The molecule has 1 fully saturated rings. The van der Waals surface area contributed by atoms with Crippen LogP contribution in [-0.4, -0.2) is 56.1 Å². The van der Waals surface area contributed by atoms with Crippen molar-refractivity contribution >= 4 is 17.7 Å². The number of anilines is 1. The second kappa shape index (κ2) is 7.07. The Kier molecular flexibility index (Phi) is 5.15. The number of urea groups is 1. The molecule has 1 atom stereocenters. The summed E-state index contributed by atoms with van der Waals surface area (Å²) >= 11 is 0. The van der Waals surface area contributed by atoms with E-state index in [0.717, 1.165) is 19.3 Å². The van der Waals surface area contributed by atoms with E-state index in [-0.39, 0.29) is 25.2 Å². The smallest absolute Gasteiger partial charge is 0.325 e. The lowest BCUT2D eigenvalue weighted by atomic mass is 10.1. The minimum absolute atomic E-state index is 0.133. The van der Waals surface area contributed by atoms with E-state index >= 15 is 0 Å². The summed E-state index contributed by atoms with van der Waals surface area (Å²) in [5.41, 5.74) is 0.481. The predicted octanol–water partition coefficient (Wildman–Crippen LogP) is 0.736. The number of carbonyl (C=O) groups excluding carboxylic acids is 1. The highest BCUT2D eigenvalue weighted by Gasteiger charge is 2.28. The molecule has 0 spiro atoms. The molecule has 1 saturated heterocycles. The lowest BCUT2D eigenvalue weighted by Gasteiger charge is -2.24. The quantitative estimate of drug-likeness (QED) is 0.717. The van der Waals surface area contributed by atoms with Crippen molar-refractivity contribution < 1.29 is 19.8 Å². The van der Waals surface area contributed by atoms with Crippen LogP contribution in [0.15, 0.2) is 12.4 Å². The van der Waals surface area contributed by atoms with Gasteiger partial charge in [-0.1, -0.05) is 0 Å². The highest BCUT2D eigenvalue weighted by atomic mass is 16.4. The van der Waals surface area contributed by atoms with E-state index in [2.05, 4.69) is 10.4 Å². The summed E-state index contributed by atoms with van der Waals surface area (Å²) in [6.45, 7) is 0.595. The number of amides is 2. The van der Waals surface area contributed by atoms with E-state index in [4.69, 9.17) is 10.2 Å².